The lowest BCUT2D eigenvalue weighted by Crippen LogP contribution is -2.46. The number of anilines is 1. The topological polar surface area (TPSA) is 63.4 Å². The summed E-state index contributed by atoms with van der Waals surface area (Å²) in [7, 11) is 1.72. The van der Waals surface area contributed by atoms with Crippen LogP contribution in [0.3, 0.4) is 0 Å². The molecular weight excluding hydrogens is 288 g/mol. The minimum Gasteiger partial charge on any atom is -0.496 e. The van der Waals surface area contributed by atoms with Crippen LogP contribution in [-0.4, -0.2) is 31.7 Å². The van der Waals surface area contributed by atoms with Crippen molar-refractivity contribution in [1.82, 2.24) is 10.3 Å². The van der Waals surface area contributed by atoms with Gasteiger partial charge in [-0.25, -0.2) is 4.98 Å². The zero-order valence-electron chi connectivity index (χ0n) is 13.7. The Bertz CT molecular complexity index is 659. The van der Waals surface area contributed by atoms with Gasteiger partial charge in [-0.3, -0.25) is 0 Å². The predicted molar refractivity (Wildman–Crippen MR) is 92.8 cm³/mol. The monoisotopic (exact) mass is 312 g/mol. The van der Waals surface area contributed by atoms with E-state index in [1.54, 1.807) is 7.11 Å². The van der Waals surface area contributed by atoms with Crippen molar-refractivity contribution >= 4 is 5.82 Å². The predicted octanol–water partition coefficient (Wildman–Crippen LogP) is 2.26. The molecule has 1 aromatic carbocycles. The third kappa shape index (κ3) is 3.30. The maximum absolute atomic E-state index is 6.02. The first-order chi connectivity index (χ1) is 11.2. The van der Waals surface area contributed by atoms with Crippen LogP contribution in [-0.2, 0) is 0 Å². The van der Waals surface area contributed by atoms with Crippen molar-refractivity contribution in [3.8, 4) is 5.75 Å². The van der Waals surface area contributed by atoms with E-state index >= 15 is 0 Å². The molecule has 0 spiro atoms. The Morgan fingerprint density at radius 3 is 2.96 bits per heavy atom. The zero-order valence-corrected chi connectivity index (χ0v) is 13.7. The van der Waals surface area contributed by atoms with Crippen LogP contribution >= 0.6 is 0 Å². The summed E-state index contributed by atoms with van der Waals surface area (Å²) in [6, 6.07) is 12.5. The number of ether oxygens (including phenoxy) is 1. The highest BCUT2D eigenvalue weighted by atomic mass is 16.5. The molecule has 0 radical (unpaired) electrons. The lowest BCUT2D eigenvalue weighted by Gasteiger charge is -2.38. The zero-order chi connectivity index (χ0) is 16.2. The van der Waals surface area contributed by atoms with Gasteiger partial charge in [0, 0.05) is 37.4 Å². The smallest absolute Gasteiger partial charge is 0.129 e. The fourth-order valence-electron chi connectivity index (χ4n) is 3.07. The van der Waals surface area contributed by atoms with Gasteiger partial charge in [0.2, 0.25) is 0 Å². The van der Waals surface area contributed by atoms with Gasteiger partial charge >= 0.3 is 0 Å². The van der Waals surface area contributed by atoms with E-state index in [1.165, 1.54) is 5.56 Å². The fraction of sp³-hybridized carbons (Fsp3) is 0.389. The highest BCUT2D eigenvalue weighted by molar-refractivity contribution is 5.48. The van der Waals surface area contributed by atoms with Crippen LogP contribution in [0.15, 0.2) is 42.6 Å². The van der Waals surface area contributed by atoms with Gasteiger partial charge in [-0.2, -0.15) is 0 Å². The number of rotatable bonds is 4. The van der Waals surface area contributed by atoms with E-state index in [4.69, 9.17) is 10.5 Å². The molecule has 122 valence electrons. The van der Waals surface area contributed by atoms with Crippen LogP contribution in [0.5, 0.6) is 5.75 Å². The number of hydrogen-bond acceptors (Lipinski definition) is 5. The first-order valence-electron chi connectivity index (χ1n) is 8.02. The first kappa shape index (κ1) is 15.8. The fourth-order valence-corrected chi connectivity index (χ4v) is 3.07. The van der Waals surface area contributed by atoms with E-state index in [9.17, 15) is 0 Å². The number of aromatic nitrogens is 1. The number of nitrogens with one attached hydrogen (secondary N) is 1. The molecule has 1 aromatic heterocycles. The molecule has 5 nitrogen and oxygen atoms in total. The molecular formula is C18H24N4O. The Morgan fingerprint density at radius 2 is 2.17 bits per heavy atom. The summed E-state index contributed by atoms with van der Waals surface area (Å²) in [4.78, 5) is 6.91. The molecule has 1 aliphatic rings. The van der Waals surface area contributed by atoms with Crippen molar-refractivity contribution < 1.29 is 4.74 Å². The van der Waals surface area contributed by atoms with E-state index in [0.29, 0.717) is 0 Å². The molecule has 2 atom stereocenters. The number of nitrogens with two attached hydrogens (primary N) is 1. The average molecular weight is 312 g/mol. The SMILES string of the molecule is COc1ccccc1C1CNCCN1c1cc(C(C)N)ccn1. The van der Waals surface area contributed by atoms with Crippen molar-refractivity contribution in [2.75, 3.05) is 31.6 Å². The Morgan fingerprint density at radius 1 is 1.35 bits per heavy atom. The lowest BCUT2D eigenvalue weighted by atomic mass is 10.0. The van der Waals surface area contributed by atoms with Crippen LogP contribution < -0.4 is 20.7 Å². The molecule has 0 bridgehead atoms. The quantitative estimate of drug-likeness (QED) is 0.907. The average Bonchev–Trinajstić information content (AvgIpc) is 2.61. The summed E-state index contributed by atoms with van der Waals surface area (Å²) in [5.41, 5.74) is 8.31. The number of methoxy groups -OCH3 is 1. The van der Waals surface area contributed by atoms with E-state index < -0.39 is 0 Å². The maximum Gasteiger partial charge on any atom is 0.129 e. The first-order valence-corrected chi connectivity index (χ1v) is 8.02. The summed E-state index contributed by atoms with van der Waals surface area (Å²) in [5, 5.41) is 3.47. The second kappa shape index (κ2) is 6.98. The van der Waals surface area contributed by atoms with Crippen LogP contribution in [0.2, 0.25) is 0 Å². The summed E-state index contributed by atoms with van der Waals surface area (Å²) < 4.78 is 5.55. The molecule has 23 heavy (non-hydrogen) atoms. The van der Waals surface area contributed by atoms with Gasteiger partial charge in [-0.15, -0.1) is 0 Å². The van der Waals surface area contributed by atoms with Gasteiger partial charge in [0.25, 0.3) is 0 Å². The summed E-state index contributed by atoms with van der Waals surface area (Å²) >= 11 is 0. The van der Waals surface area contributed by atoms with Crippen molar-refractivity contribution in [2.24, 2.45) is 5.73 Å². The number of piperazine rings is 1. The molecule has 2 aromatic rings. The van der Waals surface area contributed by atoms with Gasteiger partial charge in [0.1, 0.15) is 11.6 Å². The second-order valence-electron chi connectivity index (χ2n) is 5.89. The number of hydrogen-bond donors (Lipinski definition) is 2. The molecule has 2 heterocycles. The van der Waals surface area contributed by atoms with Gasteiger partial charge < -0.3 is 20.7 Å². The van der Waals surface area contributed by atoms with Crippen LogP contribution in [0.1, 0.15) is 30.1 Å². The Balaban J connectivity index is 1.97. The molecule has 0 saturated carbocycles. The largest absolute Gasteiger partial charge is 0.496 e. The molecule has 1 fully saturated rings. The maximum atomic E-state index is 6.02. The molecule has 3 rings (SSSR count). The number of nitrogens with zero attached hydrogens (tertiary/aromatic N) is 2. The van der Waals surface area contributed by atoms with Crippen molar-refractivity contribution in [3.05, 3.63) is 53.7 Å². The summed E-state index contributed by atoms with van der Waals surface area (Å²) in [6.45, 7) is 4.70. The Hall–Kier alpha value is -2.11. The number of benzene rings is 1. The van der Waals surface area contributed by atoms with Crippen LogP contribution in [0.4, 0.5) is 5.82 Å². The number of para-hydroxylation sites is 1. The number of pyridine rings is 1. The van der Waals surface area contributed by atoms with E-state index in [1.807, 2.05) is 31.3 Å². The molecule has 2 unspecified atom stereocenters. The normalized spacial score (nSPS) is 19.4. The Kier molecular flexibility index (Phi) is 4.79. The summed E-state index contributed by atoms with van der Waals surface area (Å²) in [6.07, 6.45) is 1.84. The van der Waals surface area contributed by atoms with Crippen molar-refractivity contribution in [2.45, 2.75) is 19.0 Å². The van der Waals surface area contributed by atoms with Crippen LogP contribution in [0.25, 0.3) is 0 Å². The summed E-state index contributed by atoms with van der Waals surface area (Å²) in [5.74, 6) is 1.88. The molecule has 5 heteroatoms. The van der Waals surface area contributed by atoms with Crippen molar-refractivity contribution in [3.63, 3.8) is 0 Å². The molecule has 3 N–H and O–H groups in total. The van der Waals surface area contributed by atoms with E-state index in [2.05, 4.69) is 33.4 Å². The molecule has 1 saturated heterocycles. The van der Waals surface area contributed by atoms with E-state index in [-0.39, 0.29) is 12.1 Å². The third-order valence-electron chi connectivity index (χ3n) is 4.33. The Labute approximate surface area is 137 Å². The third-order valence-corrected chi connectivity index (χ3v) is 4.33. The highest BCUT2D eigenvalue weighted by Gasteiger charge is 2.27. The van der Waals surface area contributed by atoms with Gasteiger partial charge in [-0.05, 0) is 30.7 Å². The van der Waals surface area contributed by atoms with Gasteiger partial charge in [0.05, 0.1) is 13.2 Å². The molecule has 1 aliphatic heterocycles. The van der Waals surface area contributed by atoms with E-state index in [0.717, 1.165) is 36.8 Å². The highest BCUT2D eigenvalue weighted by Crippen LogP contribution is 2.33. The minimum absolute atomic E-state index is 0.00405. The lowest BCUT2D eigenvalue weighted by molar-refractivity contribution is 0.396. The minimum atomic E-state index is 0.00405. The van der Waals surface area contributed by atoms with Gasteiger partial charge in [-0.1, -0.05) is 18.2 Å². The molecule has 0 aliphatic carbocycles. The molecule has 0 amide bonds. The standard InChI is InChI=1S/C18H24N4O/c1-13(19)14-7-8-21-18(11-14)22-10-9-20-12-16(22)15-5-3-4-6-17(15)23-2/h3-8,11,13,16,20H,9-10,12,19H2,1-2H3. The van der Waals surface area contributed by atoms with Crippen LogP contribution in [0, 0.1) is 0 Å². The van der Waals surface area contributed by atoms with Crippen molar-refractivity contribution in [1.29, 1.82) is 0 Å². The van der Waals surface area contributed by atoms with Gasteiger partial charge in [0.15, 0.2) is 0 Å². The second-order valence-corrected chi connectivity index (χ2v) is 5.89.